The van der Waals surface area contributed by atoms with Crippen molar-refractivity contribution in [1.82, 2.24) is 24.4 Å². The molecule has 0 saturated carbocycles. The molecule has 0 fully saturated rings. The molecule has 2 aromatic carbocycles. The zero-order chi connectivity index (χ0) is 23.9. The second kappa shape index (κ2) is 11.4. The van der Waals surface area contributed by atoms with E-state index in [0.29, 0.717) is 6.54 Å². The van der Waals surface area contributed by atoms with Gasteiger partial charge in [-0.15, -0.1) is 0 Å². The van der Waals surface area contributed by atoms with Crippen LogP contribution in [-0.2, 0) is 13.1 Å². The van der Waals surface area contributed by atoms with E-state index in [1.54, 1.807) is 6.33 Å². The molecule has 0 radical (unpaired) electrons. The summed E-state index contributed by atoms with van der Waals surface area (Å²) in [6, 6.07) is 12.4. The lowest BCUT2D eigenvalue weighted by Crippen LogP contribution is -2.24. The number of hydrogen-bond acceptors (Lipinski definition) is 6. The molecule has 0 unspecified atom stereocenters. The minimum atomic E-state index is 0.667. The third kappa shape index (κ3) is 5.56. The molecule has 0 saturated heterocycles. The average Bonchev–Trinajstić information content (AvgIpc) is 3.18. The van der Waals surface area contributed by atoms with Crippen LogP contribution in [0.25, 0.3) is 21.9 Å². The molecule has 2 heterocycles. The maximum atomic E-state index is 5.92. The van der Waals surface area contributed by atoms with E-state index in [9.17, 15) is 0 Å². The van der Waals surface area contributed by atoms with Gasteiger partial charge in [-0.25, -0.2) is 9.97 Å². The molecule has 180 valence electrons. The molecule has 4 rings (SSSR count). The third-order valence-electron chi connectivity index (χ3n) is 6.26. The van der Waals surface area contributed by atoms with Crippen molar-refractivity contribution < 1.29 is 4.74 Å². The summed E-state index contributed by atoms with van der Waals surface area (Å²) in [6.07, 6.45) is 3.84. The number of benzene rings is 2. The van der Waals surface area contributed by atoms with E-state index in [0.717, 1.165) is 83.9 Å². The van der Waals surface area contributed by atoms with Gasteiger partial charge in [-0.05, 0) is 81.4 Å². The van der Waals surface area contributed by atoms with Crippen LogP contribution in [0.15, 0.2) is 42.7 Å². The van der Waals surface area contributed by atoms with E-state index in [4.69, 9.17) is 17.0 Å². The van der Waals surface area contributed by atoms with E-state index in [1.807, 2.05) is 12.1 Å². The van der Waals surface area contributed by atoms with Crippen molar-refractivity contribution in [2.45, 2.75) is 46.7 Å². The van der Waals surface area contributed by atoms with Crippen LogP contribution >= 0.6 is 12.2 Å². The van der Waals surface area contributed by atoms with Gasteiger partial charge in [-0.1, -0.05) is 26.0 Å². The summed E-state index contributed by atoms with van der Waals surface area (Å²) in [7, 11) is 0. The molecular weight excluding hydrogens is 444 g/mol. The number of H-pyrrole nitrogens is 1. The Morgan fingerprint density at radius 1 is 1.06 bits per heavy atom. The first-order chi connectivity index (χ1) is 16.6. The zero-order valence-corrected chi connectivity index (χ0v) is 21.1. The van der Waals surface area contributed by atoms with Gasteiger partial charge < -0.3 is 24.5 Å². The zero-order valence-electron chi connectivity index (χ0n) is 20.3. The minimum absolute atomic E-state index is 0.667. The Balaban J connectivity index is 1.35. The monoisotopic (exact) mass is 478 g/mol. The van der Waals surface area contributed by atoms with Crippen LogP contribution in [0.2, 0.25) is 0 Å². The molecule has 0 amide bonds. The summed E-state index contributed by atoms with van der Waals surface area (Å²) in [5.41, 5.74) is 4.12. The number of anilines is 1. The van der Waals surface area contributed by atoms with Crippen LogP contribution in [0.3, 0.4) is 0 Å². The lowest BCUT2D eigenvalue weighted by atomic mass is 10.2. The van der Waals surface area contributed by atoms with Gasteiger partial charge in [-0.2, -0.15) is 0 Å². The lowest BCUT2D eigenvalue weighted by Gasteiger charge is -2.17. The Hall–Kier alpha value is -2.97. The summed E-state index contributed by atoms with van der Waals surface area (Å²) < 4.78 is 8.72. The number of aromatic amines is 1. The fourth-order valence-electron chi connectivity index (χ4n) is 4.22. The van der Waals surface area contributed by atoms with Crippen LogP contribution in [-0.4, -0.2) is 50.7 Å². The van der Waals surface area contributed by atoms with Gasteiger partial charge in [0.2, 0.25) is 0 Å². The fraction of sp³-hybridized carbons (Fsp3) is 0.423. The smallest absolute Gasteiger partial charge is 0.178 e. The number of aryl methyl sites for hydroxylation is 1. The highest BCUT2D eigenvalue weighted by atomic mass is 32.1. The van der Waals surface area contributed by atoms with Gasteiger partial charge >= 0.3 is 0 Å². The number of aromatic nitrogens is 4. The van der Waals surface area contributed by atoms with Crippen molar-refractivity contribution in [3.05, 3.63) is 53.1 Å². The van der Waals surface area contributed by atoms with Gasteiger partial charge in [0, 0.05) is 18.5 Å². The number of ether oxygens (including phenoxy) is 1. The number of fused-ring (bicyclic) bond motifs is 2. The molecule has 0 spiro atoms. The third-order valence-corrected chi connectivity index (χ3v) is 6.58. The predicted molar refractivity (Wildman–Crippen MR) is 142 cm³/mol. The summed E-state index contributed by atoms with van der Waals surface area (Å²) in [5, 5.41) is 4.43. The van der Waals surface area contributed by atoms with E-state index >= 15 is 0 Å². The molecule has 2 aromatic heterocycles. The number of hydrogen-bond donors (Lipinski definition) is 2. The van der Waals surface area contributed by atoms with Crippen molar-refractivity contribution in [2.24, 2.45) is 0 Å². The summed E-state index contributed by atoms with van der Waals surface area (Å²) in [6.45, 7) is 12.1. The highest BCUT2D eigenvalue weighted by Gasteiger charge is 2.10. The molecule has 0 bridgehead atoms. The molecule has 34 heavy (non-hydrogen) atoms. The maximum Gasteiger partial charge on any atom is 0.178 e. The number of imidazole rings is 1. The highest BCUT2D eigenvalue weighted by Crippen LogP contribution is 2.26. The summed E-state index contributed by atoms with van der Waals surface area (Å²) in [5.74, 6) is 1.72. The standard InChI is InChI=1S/C26H34N6OS/c1-4-31(5-2)13-7-8-14-33-20-11-9-19(10-12-20)17-27-25-21-15-23-24(16-22(21)28-18-29-25)32(6-3)26(34)30-23/h9-12,15-16,18H,4-8,13-14,17H2,1-3H3,(H,30,34)(H,27,28,29). The molecule has 0 aliphatic carbocycles. The molecule has 7 nitrogen and oxygen atoms in total. The number of rotatable bonds is 12. The van der Waals surface area contributed by atoms with Crippen molar-refractivity contribution >= 4 is 40.0 Å². The highest BCUT2D eigenvalue weighted by molar-refractivity contribution is 7.71. The topological polar surface area (TPSA) is 71.0 Å². The van der Waals surface area contributed by atoms with Gasteiger partial charge in [0.15, 0.2) is 4.77 Å². The SMILES string of the molecule is CCN(CC)CCCCOc1ccc(CNc2ncnc3cc4c(cc23)[nH]c(=S)n4CC)cc1. The fourth-order valence-corrected chi connectivity index (χ4v) is 4.56. The Morgan fingerprint density at radius 2 is 1.85 bits per heavy atom. The summed E-state index contributed by atoms with van der Waals surface area (Å²) >= 11 is 5.45. The van der Waals surface area contributed by atoms with Crippen LogP contribution in [0, 0.1) is 4.77 Å². The first kappa shape index (κ1) is 24.2. The molecule has 0 atom stereocenters. The van der Waals surface area contributed by atoms with Gasteiger partial charge in [0.05, 0.1) is 23.2 Å². The van der Waals surface area contributed by atoms with Crippen molar-refractivity contribution in [1.29, 1.82) is 0 Å². The van der Waals surface area contributed by atoms with E-state index in [2.05, 4.69) is 74.8 Å². The first-order valence-corrected chi connectivity index (χ1v) is 12.6. The maximum absolute atomic E-state index is 5.92. The van der Waals surface area contributed by atoms with Crippen LogP contribution < -0.4 is 10.1 Å². The molecule has 4 aromatic rings. The molecule has 0 aliphatic rings. The number of nitrogens with zero attached hydrogens (tertiary/aromatic N) is 4. The van der Waals surface area contributed by atoms with Gasteiger partial charge in [0.25, 0.3) is 0 Å². The molecule has 0 aliphatic heterocycles. The van der Waals surface area contributed by atoms with E-state index in [1.165, 1.54) is 5.56 Å². The molecular formula is C26H34N6OS. The minimum Gasteiger partial charge on any atom is -0.494 e. The lowest BCUT2D eigenvalue weighted by molar-refractivity contribution is 0.266. The molecule has 2 N–H and O–H groups in total. The average molecular weight is 479 g/mol. The number of unbranched alkanes of at least 4 members (excludes halogenated alkanes) is 1. The number of nitrogens with one attached hydrogen (secondary N) is 2. The van der Waals surface area contributed by atoms with Crippen LogP contribution in [0.1, 0.15) is 39.2 Å². The summed E-state index contributed by atoms with van der Waals surface area (Å²) in [4.78, 5) is 14.7. The van der Waals surface area contributed by atoms with Gasteiger partial charge in [-0.3, -0.25) is 0 Å². The second-order valence-electron chi connectivity index (χ2n) is 8.36. The van der Waals surface area contributed by atoms with E-state index < -0.39 is 0 Å². The van der Waals surface area contributed by atoms with Crippen molar-refractivity contribution in [3.8, 4) is 5.75 Å². The largest absolute Gasteiger partial charge is 0.494 e. The molecule has 8 heteroatoms. The predicted octanol–water partition coefficient (Wildman–Crippen LogP) is 5.77. The Kier molecular flexibility index (Phi) is 8.13. The quantitative estimate of drug-likeness (QED) is 0.199. The van der Waals surface area contributed by atoms with Gasteiger partial charge in [0.1, 0.15) is 17.9 Å². The van der Waals surface area contributed by atoms with E-state index in [-0.39, 0.29) is 0 Å². The Bertz CT molecular complexity index is 1280. The normalized spacial score (nSPS) is 11.5. The Labute approximate surface area is 206 Å². The second-order valence-corrected chi connectivity index (χ2v) is 8.75. The Morgan fingerprint density at radius 3 is 2.59 bits per heavy atom. The van der Waals surface area contributed by atoms with Crippen LogP contribution in [0.5, 0.6) is 5.75 Å². The van der Waals surface area contributed by atoms with Crippen molar-refractivity contribution in [3.63, 3.8) is 0 Å². The van der Waals surface area contributed by atoms with Crippen molar-refractivity contribution in [2.75, 3.05) is 31.6 Å². The first-order valence-electron chi connectivity index (χ1n) is 12.2. The van der Waals surface area contributed by atoms with Crippen LogP contribution in [0.4, 0.5) is 5.82 Å².